The monoisotopic (exact) mass is 163 g/mol. The average molecular weight is 163 g/mol. The van der Waals surface area contributed by atoms with Crippen LogP contribution in [0.1, 0.15) is 30.9 Å². The number of rotatable bonds is 2. The largest absolute Gasteiger partial charge is 0.207 e. The van der Waals surface area contributed by atoms with Crippen LogP contribution in [0.3, 0.4) is 0 Å². The number of benzene rings is 1. The molecule has 0 bridgehead atoms. The van der Waals surface area contributed by atoms with Crippen molar-refractivity contribution in [2.75, 3.05) is 0 Å². The maximum atomic E-state index is 12.7. The molecule has 1 heteroatoms. The fraction of sp³-hybridized carbons (Fsp3) is 0.273. The highest BCUT2D eigenvalue weighted by Gasteiger charge is 2.04. The van der Waals surface area contributed by atoms with Gasteiger partial charge >= 0.3 is 0 Å². The van der Waals surface area contributed by atoms with Crippen LogP contribution in [0.5, 0.6) is 0 Å². The van der Waals surface area contributed by atoms with Crippen molar-refractivity contribution in [1.29, 1.82) is 0 Å². The van der Waals surface area contributed by atoms with Gasteiger partial charge in [0.05, 0.1) is 0 Å². The van der Waals surface area contributed by atoms with Crippen LogP contribution >= 0.6 is 0 Å². The summed E-state index contributed by atoms with van der Waals surface area (Å²) in [6.45, 7) is 7.65. The lowest BCUT2D eigenvalue weighted by atomic mass is 9.97. The SMILES string of the molecule is C=[C]c1cc(F)ccc1C(C)C. The van der Waals surface area contributed by atoms with E-state index < -0.39 is 0 Å². The van der Waals surface area contributed by atoms with Gasteiger partial charge < -0.3 is 0 Å². The van der Waals surface area contributed by atoms with Crippen molar-refractivity contribution in [2.24, 2.45) is 0 Å². The molecular formula is C11H12F. The summed E-state index contributed by atoms with van der Waals surface area (Å²) in [4.78, 5) is 0. The lowest BCUT2D eigenvalue weighted by Gasteiger charge is -2.08. The molecule has 0 aliphatic heterocycles. The third kappa shape index (κ3) is 1.73. The summed E-state index contributed by atoms with van der Waals surface area (Å²) in [7, 11) is 0. The van der Waals surface area contributed by atoms with Gasteiger partial charge in [-0.3, -0.25) is 0 Å². The lowest BCUT2D eigenvalue weighted by molar-refractivity contribution is 0.625. The quantitative estimate of drug-likeness (QED) is 0.627. The number of halogens is 1. The Labute approximate surface area is 72.7 Å². The molecule has 0 spiro atoms. The molecular weight excluding hydrogens is 151 g/mol. The van der Waals surface area contributed by atoms with Gasteiger partial charge in [0.15, 0.2) is 0 Å². The first kappa shape index (κ1) is 8.98. The van der Waals surface area contributed by atoms with Crippen molar-refractivity contribution in [2.45, 2.75) is 19.8 Å². The summed E-state index contributed by atoms with van der Waals surface area (Å²) in [5.74, 6) is 0.153. The Bertz CT molecular complexity index is 287. The summed E-state index contributed by atoms with van der Waals surface area (Å²) in [6, 6.07) is 4.71. The highest BCUT2D eigenvalue weighted by atomic mass is 19.1. The molecule has 0 amide bonds. The van der Waals surface area contributed by atoms with Crippen LogP contribution in [0.15, 0.2) is 24.8 Å². The second-order valence-corrected chi connectivity index (χ2v) is 3.06. The first-order valence-corrected chi connectivity index (χ1v) is 3.97. The van der Waals surface area contributed by atoms with Crippen LogP contribution in [-0.2, 0) is 0 Å². The molecule has 0 atom stereocenters. The Balaban J connectivity index is 3.20. The van der Waals surface area contributed by atoms with Gasteiger partial charge in [-0.05, 0) is 35.3 Å². The predicted molar refractivity (Wildman–Crippen MR) is 48.5 cm³/mol. The van der Waals surface area contributed by atoms with Crippen molar-refractivity contribution in [3.8, 4) is 0 Å². The van der Waals surface area contributed by atoms with Crippen LogP contribution in [-0.4, -0.2) is 0 Å². The predicted octanol–water partition coefficient (Wildman–Crippen LogP) is 3.29. The Morgan fingerprint density at radius 1 is 1.42 bits per heavy atom. The minimum absolute atomic E-state index is 0.231. The molecule has 0 saturated heterocycles. The van der Waals surface area contributed by atoms with Crippen molar-refractivity contribution in [3.63, 3.8) is 0 Å². The molecule has 0 aliphatic rings. The highest BCUT2D eigenvalue weighted by Crippen LogP contribution is 2.19. The molecule has 0 nitrogen and oxygen atoms in total. The molecule has 0 fully saturated rings. The van der Waals surface area contributed by atoms with Gasteiger partial charge in [-0.2, -0.15) is 0 Å². The van der Waals surface area contributed by atoms with Gasteiger partial charge in [0.2, 0.25) is 0 Å². The van der Waals surface area contributed by atoms with E-state index >= 15 is 0 Å². The van der Waals surface area contributed by atoms with E-state index in [2.05, 4.69) is 26.5 Å². The van der Waals surface area contributed by atoms with Gasteiger partial charge in [0.25, 0.3) is 0 Å². The summed E-state index contributed by atoms with van der Waals surface area (Å²) in [5.41, 5.74) is 1.86. The molecule has 1 aromatic carbocycles. The van der Waals surface area contributed by atoms with E-state index in [-0.39, 0.29) is 5.82 Å². The standard InChI is InChI=1S/C11H12F/c1-4-9-7-10(12)5-6-11(9)8(2)3/h5-8H,1H2,2-3H3. The van der Waals surface area contributed by atoms with Crippen LogP contribution in [0.2, 0.25) is 0 Å². The van der Waals surface area contributed by atoms with E-state index in [0.717, 1.165) is 11.1 Å². The Kier molecular flexibility index (Phi) is 2.64. The molecule has 0 aromatic heterocycles. The first-order valence-electron chi connectivity index (χ1n) is 3.97. The molecule has 1 rings (SSSR count). The first-order chi connectivity index (χ1) is 5.65. The zero-order chi connectivity index (χ0) is 9.14. The van der Waals surface area contributed by atoms with Crippen molar-refractivity contribution >= 4 is 0 Å². The van der Waals surface area contributed by atoms with Gasteiger partial charge in [0.1, 0.15) is 5.82 Å². The third-order valence-electron chi connectivity index (χ3n) is 1.83. The van der Waals surface area contributed by atoms with E-state index in [1.54, 1.807) is 6.07 Å². The zero-order valence-electron chi connectivity index (χ0n) is 7.39. The van der Waals surface area contributed by atoms with E-state index in [1.165, 1.54) is 12.1 Å². The van der Waals surface area contributed by atoms with Crippen LogP contribution < -0.4 is 0 Å². The molecule has 0 aliphatic carbocycles. The van der Waals surface area contributed by atoms with Crippen LogP contribution in [0.25, 0.3) is 0 Å². The highest BCUT2D eigenvalue weighted by molar-refractivity contribution is 5.34. The fourth-order valence-corrected chi connectivity index (χ4v) is 1.19. The van der Waals surface area contributed by atoms with Gasteiger partial charge in [0, 0.05) is 0 Å². The summed E-state index contributed by atoms with van der Waals surface area (Å²) >= 11 is 0. The van der Waals surface area contributed by atoms with E-state index in [9.17, 15) is 4.39 Å². The minimum atomic E-state index is -0.231. The van der Waals surface area contributed by atoms with Crippen molar-refractivity contribution in [1.82, 2.24) is 0 Å². The molecule has 0 N–H and O–H groups in total. The summed E-state index contributed by atoms with van der Waals surface area (Å²) in [5, 5.41) is 0. The minimum Gasteiger partial charge on any atom is -0.207 e. The van der Waals surface area contributed by atoms with Crippen LogP contribution in [0, 0.1) is 11.9 Å². The second kappa shape index (κ2) is 3.53. The third-order valence-corrected chi connectivity index (χ3v) is 1.83. The summed E-state index contributed by atoms with van der Waals surface area (Å²) in [6.07, 6.45) is 2.73. The van der Waals surface area contributed by atoms with E-state index in [4.69, 9.17) is 0 Å². The zero-order valence-corrected chi connectivity index (χ0v) is 7.39. The fourth-order valence-electron chi connectivity index (χ4n) is 1.19. The Morgan fingerprint density at radius 3 is 2.58 bits per heavy atom. The molecule has 1 radical (unpaired) electrons. The second-order valence-electron chi connectivity index (χ2n) is 3.06. The topological polar surface area (TPSA) is 0 Å². The normalized spacial score (nSPS) is 10.3. The van der Waals surface area contributed by atoms with Gasteiger partial charge in [-0.15, -0.1) is 0 Å². The number of hydrogen-bond donors (Lipinski definition) is 0. The molecule has 63 valence electrons. The van der Waals surface area contributed by atoms with Crippen molar-refractivity contribution < 1.29 is 4.39 Å². The molecule has 0 heterocycles. The lowest BCUT2D eigenvalue weighted by Crippen LogP contribution is -1.92. The molecule has 12 heavy (non-hydrogen) atoms. The number of hydrogen-bond acceptors (Lipinski definition) is 0. The molecule has 0 saturated carbocycles. The molecule has 0 unspecified atom stereocenters. The average Bonchev–Trinajstić information content (AvgIpc) is 2.03. The molecule has 1 aromatic rings. The Hall–Kier alpha value is -1.11. The van der Waals surface area contributed by atoms with Gasteiger partial charge in [-0.1, -0.05) is 26.5 Å². The summed E-state index contributed by atoms with van der Waals surface area (Å²) < 4.78 is 12.7. The smallest absolute Gasteiger partial charge is 0.123 e. The van der Waals surface area contributed by atoms with Crippen molar-refractivity contribution in [3.05, 3.63) is 47.8 Å². The van der Waals surface area contributed by atoms with Gasteiger partial charge in [-0.25, -0.2) is 4.39 Å². The Morgan fingerprint density at radius 2 is 2.08 bits per heavy atom. The van der Waals surface area contributed by atoms with E-state index in [0.29, 0.717) is 5.92 Å². The maximum absolute atomic E-state index is 12.7. The van der Waals surface area contributed by atoms with Crippen LogP contribution in [0.4, 0.5) is 4.39 Å². The van der Waals surface area contributed by atoms with E-state index in [1.807, 2.05) is 0 Å². The maximum Gasteiger partial charge on any atom is 0.123 e.